The molecule has 0 bridgehead atoms. The van der Waals surface area contributed by atoms with Crippen LogP contribution in [0.3, 0.4) is 0 Å². The van der Waals surface area contributed by atoms with Crippen molar-refractivity contribution in [3.8, 4) is 5.75 Å². The van der Waals surface area contributed by atoms with Crippen molar-refractivity contribution >= 4 is 21.6 Å². The van der Waals surface area contributed by atoms with E-state index < -0.39 is 0 Å². The second-order valence-electron chi connectivity index (χ2n) is 4.74. The molecule has 0 aromatic heterocycles. The molecule has 0 saturated carbocycles. The fourth-order valence-corrected chi connectivity index (χ4v) is 2.64. The first kappa shape index (κ1) is 13.5. The summed E-state index contributed by atoms with van der Waals surface area (Å²) >= 11 is 3.51. The monoisotopic (exact) mass is 333 g/mol. The molecule has 1 unspecified atom stereocenters. The van der Waals surface area contributed by atoms with Crippen molar-refractivity contribution in [1.82, 2.24) is 0 Å². The molecule has 1 aliphatic rings. The van der Waals surface area contributed by atoms with Crippen LogP contribution >= 0.6 is 15.9 Å². The number of fused-ring (bicyclic) bond motifs is 1. The van der Waals surface area contributed by atoms with Crippen LogP contribution in [0.5, 0.6) is 5.75 Å². The highest BCUT2D eigenvalue weighted by Gasteiger charge is 2.21. The lowest BCUT2D eigenvalue weighted by atomic mass is 10.2. The molecule has 20 heavy (non-hydrogen) atoms. The molecule has 0 aliphatic carbocycles. The fourth-order valence-electron chi connectivity index (χ4n) is 2.18. The van der Waals surface area contributed by atoms with Crippen molar-refractivity contribution in [1.29, 1.82) is 0 Å². The summed E-state index contributed by atoms with van der Waals surface area (Å²) in [5.41, 5.74) is 2.21. The lowest BCUT2D eigenvalue weighted by Gasteiger charge is -2.28. The Labute approximate surface area is 127 Å². The zero-order valence-electron chi connectivity index (χ0n) is 11.0. The second-order valence-corrected chi connectivity index (χ2v) is 5.59. The van der Waals surface area contributed by atoms with E-state index in [-0.39, 0.29) is 6.10 Å². The summed E-state index contributed by atoms with van der Waals surface area (Å²) in [7, 11) is 0. The van der Waals surface area contributed by atoms with Crippen molar-refractivity contribution < 1.29 is 9.47 Å². The third kappa shape index (κ3) is 3.14. The van der Waals surface area contributed by atoms with Crippen molar-refractivity contribution in [2.75, 3.05) is 18.5 Å². The normalized spacial score (nSPS) is 16.9. The third-order valence-corrected chi connectivity index (χ3v) is 3.81. The summed E-state index contributed by atoms with van der Waals surface area (Å²) in [4.78, 5) is 0. The highest BCUT2D eigenvalue weighted by molar-refractivity contribution is 9.10. The van der Waals surface area contributed by atoms with Crippen molar-refractivity contribution in [2.24, 2.45) is 0 Å². The summed E-state index contributed by atoms with van der Waals surface area (Å²) in [6.45, 7) is 1.95. The molecule has 2 aromatic carbocycles. The average molecular weight is 334 g/mol. The zero-order valence-corrected chi connectivity index (χ0v) is 12.6. The predicted octanol–water partition coefficient (Wildman–Crippen LogP) is 3.84. The van der Waals surface area contributed by atoms with E-state index in [9.17, 15) is 0 Å². The van der Waals surface area contributed by atoms with Crippen molar-refractivity contribution in [3.63, 3.8) is 0 Å². The van der Waals surface area contributed by atoms with E-state index in [0.717, 1.165) is 22.5 Å². The van der Waals surface area contributed by atoms with Gasteiger partial charge in [-0.25, -0.2) is 0 Å². The summed E-state index contributed by atoms with van der Waals surface area (Å²) in [5, 5.41) is 3.37. The SMILES string of the molecule is Brc1cccc2c1OC(COCc1ccccc1)CN2. The van der Waals surface area contributed by atoms with Gasteiger partial charge in [0.15, 0.2) is 5.75 Å². The molecule has 2 aromatic rings. The van der Waals surface area contributed by atoms with Crippen LogP contribution in [-0.4, -0.2) is 19.3 Å². The van der Waals surface area contributed by atoms with E-state index in [1.807, 2.05) is 36.4 Å². The van der Waals surface area contributed by atoms with Crippen LogP contribution < -0.4 is 10.1 Å². The zero-order chi connectivity index (χ0) is 13.8. The molecule has 1 heterocycles. The van der Waals surface area contributed by atoms with Crippen LogP contribution in [0.2, 0.25) is 0 Å². The lowest BCUT2D eigenvalue weighted by Crippen LogP contribution is -2.34. The van der Waals surface area contributed by atoms with E-state index in [0.29, 0.717) is 13.2 Å². The highest BCUT2D eigenvalue weighted by Crippen LogP contribution is 2.36. The highest BCUT2D eigenvalue weighted by atomic mass is 79.9. The first-order chi connectivity index (χ1) is 9.83. The first-order valence-corrected chi connectivity index (χ1v) is 7.43. The third-order valence-electron chi connectivity index (χ3n) is 3.19. The first-order valence-electron chi connectivity index (χ1n) is 6.63. The molecule has 1 aliphatic heterocycles. The van der Waals surface area contributed by atoms with Gasteiger partial charge in [0, 0.05) is 0 Å². The summed E-state index contributed by atoms with van der Waals surface area (Å²) in [5.74, 6) is 0.868. The molecule has 3 rings (SSSR count). The van der Waals surface area contributed by atoms with Gasteiger partial charge in [0.25, 0.3) is 0 Å². The lowest BCUT2D eigenvalue weighted by molar-refractivity contribution is 0.0438. The van der Waals surface area contributed by atoms with Crippen LogP contribution in [0.1, 0.15) is 5.56 Å². The summed E-state index contributed by atoms with van der Waals surface area (Å²) in [6.07, 6.45) is 0.0323. The average Bonchev–Trinajstić information content (AvgIpc) is 2.49. The molecule has 3 nitrogen and oxygen atoms in total. The topological polar surface area (TPSA) is 30.5 Å². The molecule has 1 atom stereocenters. The van der Waals surface area contributed by atoms with Crippen LogP contribution in [0, 0.1) is 0 Å². The molecule has 0 saturated heterocycles. The minimum absolute atomic E-state index is 0.0323. The van der Waals surface area contributed by atoms with Gasteiger partial charge in [-0.2, -0.15) is 0 Å². The molecular weight excluding hydrogens is 318 g/mol. The Hall–Kier alpha value is -1.52. The number of nitrogens with one attached hydrogen (secondary N) is 1. The second kappa shape index (κ2) is 6.29. The Morgan fingerprint density at radius 1 is 1.15 bits per heavy atom. The number of anilines is 1. The molecule has 4 heteroatoms. The standard InChI is InChI=1S/C16H16BrNO2/c17-14-7-4-8-15-16(14)20-13(9-18-15)11-19-10-12-5-2-1-3-6-12/h1-8,13,18H,9-11H2. The Balaban J connectivity index is 1.54. The number of benzene rings is 2. The number of hydrogen-bond donors (Lipinski definition) is 1. The minimum atomic E-state index is 0.0323. The van der Waals surface area contributed by atoms with Crippen LogP contribution in [0.4, 0.5) is 5.69 Å². The van der Waals surface area contributed by atoms with E-state index in [2.05, 4.69) is 33.4 Å². The van der Waals surface area contributed by atoms with Gasteiger partial charge in [-0.1, -0.05) is 36.4 Å². The van der Waals surface area contributed by atoms with Gasteiger partial charge in [0.2, 0.25) is 0 Å². The quantitative estimate of drug-likeness (QED) is 0.922. The van der Waals surface area contributed by atoms with Gasteiger partial charge in [0.05, 0.1) is 29.9 Å². The number of halogens is 1. The van der Waals surface area contributed by atoms with E-state index in [1.165, 1.54) is 5.56 Å². The Morgan fingerprint density at radius 3 is 2.85 bits per heavy atom. The maximum atomic E-state index is 5.97. The molecular formula is C16H16BrNO2. The maximum Gasteiger partial charge on any atom is 0.157 e. The Kier molecular flexibility index (Phi) is 4.23. The van der Waals surface area contributed by atoms with Gasteiger partial charge < -0.3 is 14.8 Å². The van der Waals surface area contributed by atoms with Crippen LogP contribution in [0.25, 0.3) is 0 Å². The van der Waals surface area contributed by atoms with Gasteiger partial charge in [-0.05, 0) is 33.6 Å². The van der Waals surface area contributed by atoms with Crippen LogP contribution in [-0.2, 0) is 11.3 Å². The van der Waals surface area contributed by atoms with Gasteiger partial charge in [-0.3, -0.25) is 0 Å². The van der Waals surface area contributed by atoms with E-state index in [1.54, 1.807) is 0 Å². The Bertz CT molecular complexity index is 574. The fraction of sp³-hybridized carbons (Fsp3) is 0.250. The molecule has 0 radical (unpaired) electrons. The van der Waals surface area contributed by atoms with Gasteiger partial charge >= 0.3 is 0 Å². The smallest absolute Gasteiger partial charge is 0.157 e. The van der Waals surface area contributed by atoms with Gasteiger partial charge in [0.1, 0.15) is 6.10 Å². The predicted molar refractivity (Wildman–Crippen MR) is 83.1 cm³/mol. The molecule has 104 valence electrons. The Morgan fingerprint density at radius 2 is 2.00 bits per heavy atom. The molecule has 0 amide bonds. The summed E-state index contributed by atoms with van der Waals surface area (Å²) in [6, 6.07) is 16.2. The van der Waals surface area contributed by atoms with Crippen molar-refractivity contribution in [3.05, 3.63) is 58.6 Å². The number of ether oxygens (including phenoxy) is 2. The molecule has 0 fully saturated rings. The van der Waals surface area contributed by atoms with Crippen LogP contribution in [0.15, 0.2) is 53.0 Å². The van der Waals surface area contributed by atoms with E-state index in [4.69, 9.17) is 9.47 Å². The van der Waals surface area contributed by atoms with Gasteiger partial charge in [-0.15, -0.1) is 0 Å². The maximum absolute atomic E-state index is 5.97. The number of rotatable bonds is 4. The number of para-hydroxylation sites is 1. The minimum Gasteiger partial charge on any atom is -0.483 e. The molecule has 0 spiro atoms. The number of hydrogen-bond acceptors (Lipinski definition) is 3. The summed E-state index contributed by atoms with van der Waals surface area (Å²) < 4.78 is 12.7. The molecule has 1 N–H and O–H groups in total. The van der Waals surface area contributed by atoms with Crippen molar-refractivity contribution in [2.45, 2.75) is 12.7 Å². The largest absolute Gasteiger partial charge is 0.483 e. The van der Waals surface area contributed by atoms with E-state index >= 15 is 0 Å².